The van der Waals surface area contributed by atoms with Gasteiger partial charge in [0.15, 0.2) is 0 Å². The Bertz CT molecular complexity index is 1060. The average Bonchev–Trinajstić information content (AvgIpc) is 2.98. The highest BCUT2D eigenvalue weighted by Crippen LogP contribution is 2.32. The number of phenols is 1. The van der Waals surface area contributed by atoms with Gasteiger partial charge in [0.05, 0.1) is 11.1 Å². The van der Waals surface area contributed by atoms with Crippen LogP contribution in [0.5, 0.6) is 5.75 Å². The lowest BCUT2D eigenvalue weighted by atomic mass is 10.00. The van der Waals surface area contributed by atoms with E-state index in [1.807, 2.05) is 36.5 Å². The summed E-state index contributed by atoms with van der Waals surface area (Å²) in [6, 6.07) is 16.4. The first kappa shape index (κ1) is 13.4. The molecule has 4 aromatic rings. The minimum Gasteiger partial charge on any atom is -0.508 e. The fraction of sp³-hybridized carbons (Fsp3) is 0. The minimum atomic E-state index is -0.946. The van der Waals surface area contributed by atoms with Gasteiger partial charge in [0, 0.05) is 17.1 Å². The third-order valence-corrected chi connectivity index (χ3v) is 4.08. The van der Waals surface area contributed by atoms with E-state index in [0.717, 1.165) is 27.3 Å². The van der Waals surface area contributed by atoms with Gasteiger partial charge in [0.1, 0.15) is 5.75 Å². The Kier molecular flexibility index (Phi) is 2.84. The van der Waals surface area contributed by atoms with Crippen LogP contribution in [-0.4, -0.2) is 21.2 Å². The zero-order chi connectivity index (χ0) is 16.0. The normalized spacial score (nSPS) is 11.1. The van der Waals surface area contributed by atoms with Crippen molar-refractivity contribution in [2.24, 2.45) is 0 Å². The van der Waals surface area contributed by atoms with E-state index < -0.39 is 5.97 Å². The molecule has 23 heavy (non-hydrogen) atoms. The molecule has 0 aliphatic rings. The molecule has 0 aliphatic carbocycles. The SMILES string of the molecule is O=C(O)c1cccc2c(-c3ccc4cc(O)ccc4c3)c[nH]c12. The summed E-state index contributed by atoms with van der Waals surface area (Å²) in [6.45, 7) is 0. The zero-order valence-corrected chi connectivity index (χ0v) is 12.1. The van der Waals surface area contributed by atoms with Crippen LogP contribution < -0.4 is 0 Å². The molecule has 0 radical (unpaired) electrons. The van der Waals surface area contributed by atoms with Crippen LogP contribution in [-0.2, 0) is 0 Å². The summed E-state index contributed by atoms with van der Waals surface area (Å²) in [5, 5.41) is 21.7. The van der Waals surface area contributed by atoms with Gasteiger partial charge in [-0.2, -0.15) is 0 Å². The summed E-state index contributed by atoms with van der Waals surface area (Å²) in [5.74, 6) is -0.707. The smallest absolute Gasteiger partial charge is 0.337 e. The lowest BCUT2D eigenvalue weighted by Gasteiger charge is -2.04. The molecule has 3 aromatic carbocycles. The molecule has 0 aliphatic heterocycles. The maximum Gasteiger partial charge on any atom is 0.337 e. The molecular formula is C19H13NO3. The van der Waals surface area contributed by atoms with Crippen LogP contribution in [0, 0.1) is 0 Å². The van der Waals surface area contributed by atoms with Crippen molar-refractivity contribution in [1.82, 2.24) is 4.98 Å². The quantitative estimate of drug-likeness (QED) is 0.514. The van der Waals surface area contributed by atoms with Gasteiger partial charge in [0.2, 0.25) is 0 Å². The Labute approximate surface area is 131 Å². The number of aromatic nitrogens is 1. The first-order chi connectivity index (χ1) is 11.1. The van der Waals surface area contributed by atoms with E-state index in [-0.39, 0.29) is 11.3 Å². The van der Waals surface area contributed by atoms with Crippen LogP contribution in [0.3, 0.4) is 0 Å². The van der Waals surface area contributed by atoms with Crippen molar-refractivity contribution in [3.63, 3.8) is 0 Å². The number of para-hydroxylation sites is 1. The monoisotopic (exact) mass is 303 g/mol. The Hall–Kier alpha value is -3.27. The predicted molar refractivity (Wildman–Crippen MR) is 89.9 cm³/mol. The van der Waals surface area contributed by atoms with E-state index in [0.29, 0.717) is 5.52 Å². The van der Waals surface area contributed by atoms with Gasteiger partial charge >= 0.3 is 5.97 Å². The van der Waals surface area contributed by atoms with Crippen molar-refractivity contribution >= 4 is 27.6 Å². The van der Waals surface area contributed by atoms with Crippen LogP contribution in [0.25, 0.3) is 32.8 Å². The molecule has 0 fully saturated rings. The minimum absolute atomic E-state index is 0.239. The molecule has 0 unspecified atom stereocenters. The topological polar surface area (TPSA) is 73.3 Å². The van der Waals surface area contributed by atoms with Gasteiger partial charge in [-0.05, 0) is 40.6 Å². The van der Waals surface area contributed by atoms with Gasteiger partial charge in [-0.25, -0.2) is 4.79 Å². The number of benzene rings is 3. The second-order valence-electron chi connectivity index (χ2n) is 5.48. The predicted octanol–water partition coefficient (Wildman–Crippen LogP) is 4.39. The summed E-state index contributed by atoms with van der Waals surface area (Å²) in [6.07, 6.45) is 1.83. The molecule has 4 nitrogen and oxygen atoms in total. The number of aromatic amines is 1. The largest absolute Gasteiger partial charge is 0.508 e. The molecule has 0 amide bonds. The van der Waals surface area contributed by atoms with Gasteiger partial charge in [-0.15, -0.1) is 0 Å². The maximum absolute atomic E-state index is 11.3. The average molecular weight is 303 g/mol. The molecule has 1 aromatic heterocycles. The lowest BCUT2D eigenvalue weighted by Crippen LogP contribution is -1.96. The van der Waals surface area contributed by atoms with E-state index >= 15 is 0 Å². The number of aromatic carboxylic acids is 1. The van der Waals surface area contributed by atoms with E-state index in [4.69, 9.17) is 0 Å². The number of rotatable bonds is 2. The highest BCUT2D eigenvalue weighted by Gasteiger charge is 2.13. The Morgan fingerprint density at radius 1 is 0.957 bits per heavy atom. The van der Waals surface area contributed by atoms with Crippen LogP contribution in [0.1, 0.15) is 10.4 Å². The fourth-order valence-corrected chi connectivity index (χ4v) is 2.97. The number of carbonyl (C=O) groups is 1. The van der Waals surface area contributed by atoms with Gasteiger partial charge in [-0.3, -0.25) is 0 Å². The molecule has 0 saturated heterocycles. The van der Waals surface area contributed by atoms with Crippen LogP contribution >= 0.6 is 0 Å². The van der Waals surface area contributed by atoms with Crippen molar-refractivity contribution < 1.29 is 15.0 Å². The van der Waals surface area contributed by atoms with E-state index in [9.17, 15) is 15.0 Å². The number of hydrogen-bond acceptors (Lipinski definition) is 2. The van der Waals surface area contributed by atoms with Crippen molar-refractivity contribution in [3.05, 3.63) is 66.4 Å². The summed E-state index contributed by atoms with van der Waals surface area (Å²) in [5.41, 5.74) is 2.84. The Morgan fingerprint density at radius 3 is 2.57 bits per heavy atom. The first-order valence-electron chi connectivity index (χ1n) is 7.20. The molecule has 1 heterocycles. The van der Waals surface area contributed by atoms with Crippen molar-refractivity contribution in [2.45, 2.75) is 0 Å². The van der Waals surface area contributed by atoms with Crippen LogP contribution in [0.15, 0.2) is 60.8 Å². The summed E-state index contributed by atoms with van der Waals surface area (Å²) < 4.78 is 0. The number of carboxylic acid groups (broad SMARTS) is 1. The molecule has 0 atom stereocenters. The number of phenolic OH excluding ortho intramolecular Hbond substituents is 1. The molecule has 4 heteroatoms. The molecule has 0 spiro atoms. The van der Waals surface area contributed by atoms with Gasteiger partial charge < -0.3 is 15.2 Å². The molecule has 0 saturated carbocycles. The standard InChI is InChI=1S/C19H13NO3/c21-14-7-6-11-8-13(5-4-12(11)9-14)17-10-20-18-15(17)2-1-3-16(18)19(22)23/h1-10,20-21H,(H,22,23). The lowest BCUT2D eigenvalue weighted by molar-refractivity contribution is 0.0699. The summed E-state index contributed by atoms with van der Waals surface area (Å²) in [7, 11) is 0. The zero-order valence-electron chi connectivity index (χ0n) is 12.1. The Balaban J connectivity index is 1.94. The third-order valence-electron chi connectivity index (χ3n) is 4.08. The maximum atomic E-state index is 11.3. The molecule has 112 valence electrons. The van der Waals surface area contributed by atoms with E-state index in [1.54, 1.807) is 24.3 Å². The van der Waals surface area contributed by atoms with Crippen LogP contribution in [0.2, 0.25) is 0 Å². The van der Waals surface area contributed by atoms with E-state index in [1.165, 1.54) is 0 Å². The number of hydrogen-bond donors (Lipinski definition) is 3. The second-order valence-corrected chi connectivity index (χ2v) is 5.48. The van der Waals surface area contributed by atoms with Gasteiger partial charge in [-0.1, -0.05) is 30.3 Å². The number of carboxylic acids is 1. The fourth-order valence-electron chi connectivity index (χ4n) is 2.97. The molecule has 4 rings (SSSR count). The number of aromatic hydroxyl groups is 1. The highest BCUT2D eigenvalue weighted by atomic mass is 16.4. The number of nitrogens with one attached hydrogen (secondary N) is 1. The van der Waals surface area contributed by atoms with Crippen molar-refractivity contribution in [1.29, 1.82) is 0 Å². The van der Waals surface area contributed by atoms with Gasteiger partial charge in [0.25, 0.3) is 0 Å². The molecular weight excluding hydrogens is 290 g/mol. The number of H-pyrrole nitrogens is 1. The summed E-state index contributed by atoms with van der Waals surface area (Å²) in [4.78, 5) is 14.4. The first-order valence-corrected chi connectivity index (χ1v) is 7.20. The second kappa shape index (κ2) is 4.88. The molecule has 0 bridgehead atoms. The Morgan fingerprint density at radius 2 is 1.74 bits per heavy atom. The summed E-state index contributed by atoms with van der Waals surface area (Å²) >= 11 is 0. The number of fused-ring (bicyclic) bond motifs is 2. The third kappa shape index (κ3) is 2.12. The highest BCUT2D eigenvalue weighted by molar-refractivity contribution is 6.07. The van der Waals surface area contributed by atoms with Crippen LogP contribution in [0.4, 0.5) is 0 Å². The van der Waals surface area contributed by atoms with Crippen molar-refractivity contribution in [3.8, 4) is 16.9 Å². The van der Waals surface area contributed by atoms with E-state index in [2.05, 4.69) is 4.98 Å². The molecule has 3 N–H and O–H groups in total. The van der Waals surface area contributed by atoms with Crippen molar-refractivity contribution in [2.75, 3.05) is 0 Å².